The third-order valence-electron chi connectivity index (χ3n) is 2.60. The molecule has 0 saturated carbocycles. The molecule has 2 aromatic rings. The summed E-state index contributed by atoms with van der Waals surface area (Å²) >= 11 is 3.21. The van der Waals surface area contributed by atoms with Crippen LogP contribution in [0.2, 0.25) is 0 Å². The Morgan fingerprint density at radius 2 is 2.05 bits per heavy atom. The number of pyridine rings is 1. The second kappa shape index (κ2) is 5.90. The van der Waals surface area contributed by atoms with Gasteiger partial charge in [-0.25, -0.2) is 8.42 Å². The van der Waals surface area contributed by atoms with E-state index in [4.69, 9.17) is 5.11 Å². The van der Waals surface area contributed by atoms with Crippen LogP contribution in [0.1, 0.15) is 11.1 Å². The number of aliphatic hydroxyl groups excluding tert-OH is 1. The second-order valence-electron chi connectivity index (χ2n) is 4.28. The zero-order chi connectivity index (χ0) is 14.8. The van der Waals surface area contributed by atoms with Crippen molar-refractivity contribution in [2.45, 2.75) is 18.4 Å². The number of nitrogens with one attached hydrogen (secondary N) is 1. The number of rotatable bonds is 4. The van der Waals surface area contributed by atoms with E-state index < -0.39 is 10.0 Å². The summed E-state index contributed by atoms with van der Waals surface area (Å²) in [5, 5.41) is 9.03. The molecule has 0 radical (unpaired) electrons. The Morgan fingerprint density at radius 3 is 2.65 bits per heavy atom. The summed E-state index contributed by atoms with van der Waals surface area (Å²) in [7, 11) is -3.70. The highest BCUT2D eigenvalue weighted by Crippen LogP contribution is 2.25. The number of aryl methyl sites for hydroxylation is 1. The maximum absolute atomic E-state index is 12.3. The number of aliphatic hydroxyl groups is 1. The highest BCUT2D eigenvalue weighted by Gasteiger charge is 2.18. The zero-order valence-electron chi connectivity index (χ0n) is 10.7. The number of anilines is 1. The zero-order valence-corrected chi connectivity index (χ0v) is 13.1. The molecule has 0 spiro atoms. The van der Waals surface area contributed by atoms with Crippen molar-refractivity contribution in [2.24, 2.45) is 0 Å². The molecular weight excluding hydrogens is 344 g/mol. The van der Waals surface area contributed by atoms with Crippen LogP contribution in [0, 0.1) is 6.92 Å². The Balaban J connectivity index is 2.36. The molecular formula is C13H13BrN2O3S. The van der Waals surface area contributed by atoms with Crippen molar-refractivity contribution in [1.82, 2.24) is 4.98 Å². The van der Waals surface area contributed by atoms with Crippen molar-refractivity contribution in [2.75, 3.05) is 4.72 Å². The minimum absolute atomic E-state index is 0.108. The fourth-order valence-corrected chi connectivity index (χ4v) is 3.84. The fraction of sp³-hybridized carbons (Fsp3) is 0.154. The standard InChI is InChI=1S/C13H13BrN2O3S/c1-9-4-11(7-15-6-9)16-20(18,19)13-3-2-10(8-17)5-12(13)14/h2-7,16-17H,8H2,1H3. The maximum atomic E-state index is 12.3. The van der Waals surface area contributed by atoms with Gasteiger partial charge in [0.1, 0.15) is 4.90 Å². The summed E-state index contributed by atoms with van der Waals surface area (Å²) in [5.74, 6) is 0. The molecule has 1 heterocycles. The molecule has 0 aliphatic carbocycles. The minimum Gasteiger partial charge on any atom is -0.392 e. The average Bonchev–Trinajstić information content (AvgIpc) is 2.37. The van der Waals surface area contributed by atoms with Crippen LogP contribution < -0.4 is 4.72 Å². The smallest absolute Gasteiger partial charge is 0.263 e. The largest absolute Gasteiger partial charge is 0.392 e. The van der Waals surface area contributed by atoms with Crippen LogP contribution in [-0.2, 0) is 16.6 Å². The van der Waals surface area contributed by atoms with Gasteiger partial charge in [-0.1, -0.05) is 6.07 Å². The third-order valence-corrected chi connectivity index (χ3v) is 4.95. The molecule has 7 heteroatoms. The van der Waals surface area contributed by atoms with Crippen molar-refractivity contribution >= 4 is 31.6 Å². The Labute approximate surface area is 125 Å². The quantitative estimate of drug-likeness (QED) is 0.881. The van der Waals surface area contributed by atoms with Crippen molar-refractivity contribution in [3.63, 3.8) is 0 Å². The van der Waals surface area contributed by atoms with Gasteiger partial charge in [0.05, 0.1) is 18.5 Å². The van der Waals surface area contributed by atoms with Gasteiger partial charge < -0.3 is 5.11 Å². The Morgan fingerprint density at radius 1 is 1.30 bits per heavy atom. The molecule has 106 valence electrons. The maximum Gasteiger partial charge on any atom is 0.263 e. The number of nitrogens with zero attached hydrogens (tertiary/aromatic N) is 1. The van der Waals surface area contributed by atoms with Gasteiger partial charge in [-0.2, -0.15) is 0 Å². The van der Waals surface area contributed by atoms with Crippen LogP contribution in [0.25, 0.3) is 0 Å². The molecule has 0 bridgehead atoms. The normalized spacial score (nSPS) is 11.3. The van der Waals surface area contributed by atoms with E-state index in [2.05, 4.69) is 25.6 Å². The van der Waals surface area contributed by atoms with Crippen molar-refractivity contribution < 1.29 is 13.5 Å². The Hall–Kier alpha value is -1.44. The third kappa shape index (κ3) is 3.36. The Bertz CT molecular complexity index is 732. The van der Waals surface area contributed by atoms with Gasteiger partial charge in [-0.3, -0.25) is 9.71 Å². The number of halogens is 1. The van der Waals surface area contributed by atoms with Gasteiger partial charge in [0.15, 0.2) is 0 Å². The molecule has 0 fully saturated rings. The molecule has 1 aromatic heterocycles. The molecule has 0 saturated heterocycles. The number of hydrogen-bond donors (Lipinski definition) is 2. The van der Waals surface area contributed by atoms with Crippen molar-refractivity contribution in [3.05, 3.63) is 52.3 Å². The lowest BCUT2D eigenvalue weighted by Crippen LogP contribution is -2.14. The molecule has 5 nitrogen and oxygen atoms in total. The second-order valence-corrected chi connectivity index (χ2v) is 6.78. The summed E-state index contributed by atoms with van der Waals surface area (Å²) in [4.78, 5) is 4.05. The topological polar surface area (TPSA) is 79.3 Å². The van der Waals surface area contributed by atoms with Gasteiger partial charge in [0, 0.05) is 10.7 Å². The average molecular weight is 357 g/mol. The lowest BCUT2D eigenvalue weighted by atomic mass is 10.2. The highest BCUT2D eigenvalue weighted by molar-refractivity contribution is 9.10. The van der Waals surface area contributed by atoms with E-state index >= 15 is 0 Å². The van der Waals surface area contributed by atoms with E-state index in [9.17, 15) is 8.42 Å². The first-order valence-electron chi connectivity index (χ1n) is 5.76. The lowest BCUT2D eigenvalue weighted by Gasteiger charge is -2.10. The lowest BCUT2D eigenvalue weighted by molar-refractivity contribution is 0.281. The summed E-state index contributed by atoms with van der Waals surface area (Å²) < 4.78 is 27.5. The molecule has 0 amide bonds. The molecule has 2 N–H and O–H groups in total. The van der Waals surface area contributed by atoms with Gasteiger partial charge in [-0.15, -0.1) is 0 Å². The Kier molecular flexibility index (Phi) is 4.42. The van der Waals surface area contributed by atoms with E-state index in [1.807, 2.05) is 6.92 Å². The first-order chi connectivity index (χ1) is 9.42. The molecule has 20 heavy (non-hydrogen) atoms. The molecule has 0 aliphatic rings. The number of hydrogen-bond acceptors (Lipinski definition) is 4. The van der Waals surface area contributed by atoms with Crippen LogP contribution >= 0.6 is 15.9 Å². The van der Waals surface area contributed by atoms with Crippen LogP contribution in [0.4, 0.5) is 5.69 Å². The van der Waals surface area contributed by atoms with E-state index in [0.29, 0.717) is 15.7 Å². The van der Waals surface area contributed by atoms with Crippen LogP contribution in [0.5, 0.6) is 0 Å². The van der Waals surface area contributed by atoms with Gasteiger partial charge in [-0.05, 0) is 52.2 Å². The SMILES string of the molecule is Cc1cncc(NS(=O)(=O)c2ccc(CO)cc2Br)c1. The number of benzene rings is 1. The predicted octanol–water partition coefficient (Wildman–Crippen LogP) is 2.45. The van der Waals surface area contributed by atoms with Crippen molar-refractivity contribution in [3.8, 4) is 0 Å². The molecule has 0 unspecified atom stereocenters. The first kappa shape index (κ1) is 15.0. The van der Waals surface area contributed by atoms with Gasteiger partial charge in [0.25, 0.3) is 10.0 Å². The van der Waals surface area contributed by atoms with Crippen molar-refractivity contribution in [1.29, 1.82) is 0 Å². The van der Waals surface area contributed by atoms with Gasteiger partial charge >= 0.3 is 0 Å². The fourth-order valence-electron chi connectivity index (χ4n) is 1.68. The van der Waals surface area contributed by atoms with Crippen LogP contribution in [-0.4, -0.2) is 18.5 Å². The van der Waals surface area contributed by atoms with Gasteiger partial charge in [0.2, 0.25) is 0 Å². The molecule has 0 atom stereocenters. The summed E-state index contributed by atoms with van der Waals surface area (Å²) in [6.07, 6.45) is 3.09. The molecule has 1 aromatic carbocycles. The number of aromatic nitrogens is 1. The summed E-state index contributed by atoms with van der Waals surface area (Å²) in [5.41, 5.74) is 1.90. The summed E-state index contributed by atoms with van der Waals surface area (Å²) in [6, 6.07) is 6.28. The highest BCUT2D eigenvalue weighted by atomic mass is 79.9. The van der Waals surface area contributed by atoms with E-state index in [1.165, 1.54) is 12.3 Å². The molecule has 2 rings (SSSR count). The van der Waals surface area contributed by atoms with Crippen LogP contribution in [0.3, 0.4) is 0 Å². The van der Waals surface area contributed by atoms with E-state index in [1.54, 1.807) is 24.4 Å². The van der Waals surface area contributed by atoms with E-state index in [0.717, 1.165) is 5.56 Å². The first-order valence-corrected chi connectivity index (χ1v) is 8.04. The monoisotopic (exact) mass is 356 g/mol. The molecule has 0 aliphatic heterocycles. The summed E-state index contributed by atoms with van der Waals surface area (Å²) in [6.45, 7) is 1.69. The van der Waals surface area contributed by atoms with Crippen LogP contribution in [0.15, 0.2) is 46.0 Å². The number of sulfonamides is 1. The van der Waals surface area contributed by atoms with E-state index in [-0.39, 0.29) is 11.5 Å². The predicted molar refractivity (Wildman–Crippen MR) is 79.8 cm³/mol. The minimum atomic E-state index is -3.70.